The third kappa shape index (κ3) is 4.95. The molecule has 2 heterocycles. The Kier molecular flexibility index (Phi) is 6.46. The fourth-order valence-corrected chi connectivity index (χ4v) is 4.66. The fraction of sp³-hybridized carbons (Fsp3) is 0.292. The molecule has 2 aromatic carbocycles. The number of nitrogens with zero attached hydrogens (tertiary/aromatic N) is 3. The summed E-state index contributed by atoms with van der Waals surface area (Å²) in [5.41, 5.74) is 1.53. The van der Waals surface area contributed by atoms with E-state index in [0.29, 0.717) is 5.01 Å². The first kappa shape index (κ1) is 24.5. The van der Waals surface area contributed by atoms with Gasteiger partial charge in [-0.15, -0.1) is 23.4 Å². The molecule has 1 saturated heterocycles. The number of Topliss-reactive ketones (excluding diaryl/α,β-unsaturated/α-hetero) is 2. The predicted molar refractivity (Wildman–Crippen MR) is 121 cm³/mol. The summed E-state index contributed by atoms with van der Waals surface area (Å²) in [6.45, 7) is 5.67. The van der Waals surface area contributed by atoms with Crippen LogP contribution in [0.15, 0.2) is 48.5 Å². The number of anilines is 1. The average Bonchev–Trinajstić information content (AvgIpc) is 3.33. The van der Waals surface area contributed by atoms with Crippen LogP contribution >= 0.6 is 11.3 Å². The van der Waals surface area contributed by atoms with Gasteiger partial charge < -0.3 is 4.74 Å². The van der Waals surface area contributed by atoms with E-state index in [0.717, 1.165) is 33.9 Å². The van der Waals surface area contributed by atoms with Gasteiger partial charge in [-0.05, 0) is 36.1 Å². The number of amides is 1. The van der Waals surface area contributed by atoms with E-state index in [4.69, 9.17) is 0 Å². The van der Waals surface area contributed by atoms with Crippen molar-refractivity contribution in [1.82, 2.24) is 10.2 Å². The number of halogens is 3. The van der Waals surface area contributed by atoms with Gasteiger partial charge in [-0.2, -0.15) is 0 Å². The van der Waals surface area contributed by atoms with Gasteiger partial charge in [-0.1, -0.05) is 61.6 Å². The van der Waals surface area contributed by atoms with Crippen LogP contribution in [0, 0.1) is 12.8 Å². The normalized spacial score (nSPS) is 18.4. The van der Waals surface area contributed by atoms with Crippen molar-refractivity contribution in [2.45, 2.75) is 39.1 Å². The highest BCUT2D eigenvalue weighted by molar-refractivity contribution is 7.15. The van der Waals surface area contributed by atoms with E-state index in [2.05, 4.69) is 14.9 Å². The maximum Gasteiger partial charge on any atom is 0.573 e. The minimum Gasteiger partial charge on any atom is -0.406 e. The van der Waals surface area contributed by atoms with Crippen molar-refractivity contribution in [2.75, 3.05) is 4.90 Å². The second-order valence-electron chi connectivity index (χ2n) is 8.32. The van der Waals surface area contributed by atoms with Gasteiger partial charge in [0.05, 0.1) is 6.04 Å². The zero-order valence-electron chi connectivity index (χ0n) is 18.9. The minimum atomic E-state index is -4.88. The average molecular weight is 504 g/mol. The number of benzene rings is 2. The number of carbonyl (C=O) groups is 3. The highest BCUT2D eigenvalue weighted by Crippen LogP contribution is 2.42. The van der Waals surface area contributed by atoms with Gasteiger partial charge in [0.2, 0.25) is 10.9 Å². The smallest absolute Gasteiger partial charge is 0.406 e. The van der Waals surface area contributed by atoms with E-state index in [-0.39, 0.29) is 22.2 Å². The zero-order chi connectivity index (χ0) is 25.5. The van der Waals surface area contributed by atoms with Gasteiger partial charge in [-0.3, -0.25) is 19.3 Å². The molecule has 1 aromatic heterocycles. The number of aromatic nitrogens is 2. The summed E-state index contributed by atoms with van der Waals surface area (Å²) in [5.74, 6) is -4.07. The Balaban J connectivity index is 1.77. The second kappa shape index (κ2) is 9.21. The van der Waals surface area contributed by atoms with Crippen molar-refractivity contribution in [3.63, 3.8) is 0 Å². The Labute approximate surface area is 202 Å². The molecule has 2 unspecified atom stereocenters. The Morgan fingerprint density at radius 2 is 1.66 bits per heavy atom. The molecule has 1 aliphatic heterocycles. The van der Waals surface area contributed by atoms with Gasteiger partial charge in [0.1, 0.15) is 16.7 Å². The van der Waals surface area contributed by atoms with Crippen LogP contribution in [-0.2, 0) is 9.59 Å². The van der Waals surface area contributed by atoms with Crippen molar-refractivity contribution in [1.29, 1.82) is 0 Å². The van der Waals surface area contributed by atoms with Gasteiger partial charge in [0.15, 0.2) is 5.78 Å². The lowest BCUT2D eigenvalue weighted by molar-refractivity contribution is -0.274. The van der Waals surface area contributed by atoms with Gasteiger partial charge in [-0.25, -0.2) is 0 Å². The number of alkyl halides is 3. The monoisotopic (exact) mass is 503 g/mol. The van der Waals surface area contributed by atoms with Crippen LogP contribution < -0.4 is 9.64 Å². The topological polar surface area (TPSA) is 89.5 Å². The summed E-state index contributed by atoms with van der Waals surface area (Å²) in [5, 5.41) is 8.50. The summed E-state index contributed by atoms with van der Waals surface area (Å²) in [7, 11) is 0. The standard InChI is InChI=1S/C24H20F3N3O4S/c1-12(2)14-4-6-16(7-5-14)20(31)18-19(15-8-10-17(11-9-15)34-24(25,26)27)30(22(33)21(18)32)23-29-28-13(3)35-23/h4-12,18-19H,1-3H3. The summed E-state index contributed by atoms with van der Waals surface area (Å²) in [6, 6.07) is 10.4. The quantitative estimate of drug-likeness (QED) is 0.267. The van der Waals surface area contributed by atoms with Gasteiger partial charge in [0, 0.05) is 5.56 Å². The SMILES string of the molecule is Cc1nnc(N2C(=O)C(=O)C(C(=O)c3ccc(C(C)C)cc3)C2c2ccc(OC(F)(F)F)cc2)s1. The molecule has 11 heteroatoms. The third-order valence-electron chi connectivity index (χ3n) is 5.63. The molecular weight excluding hydrogens is 483 g/mol. The van der Waals surface area contributed by atoms with Crippen LogP contribution in [-0.4, -0.2) is 34.0 Å². The van der Waals surface area contributed by atoms with E-state index >= 15 is 0 Å². The first-order valence-corrected chi connectivity index (χ1v) is 11.5. The lowest BCUT2D eigenvalue weighted by Crippen LogP contribution is -2.30. The number of hydrogen-bond acceptors (Lipinski definition) is 7. The largest absolute Gasteiger partial charge is 0.573 e. The fourth-order valence-electron chi connectivity index (χ4n) is 3.94. The maximum absolute atomic E-state index is 13.5. The summed E-state index contributed by atoms with van der Waals surface area (Å²) >= 11 is 1.06. The van der Waals surface area contributed by atoms with E-state index in [1.807, 2.05) is 13.8 Å². The van der Waals surface area contributed by atoms with Crippen molar-refractivity contribution >= 4 is 33.9 Å². The number of hydrogen-bond donors (Lipinski definition) is 0. The molecule has 35 heavy (non-hydrogen) atoms. The number of ether oxygens (including phenoxy) is 1. The maximum atomic E-state index is 13.5. The molecule has 0 N–H and O–H groups in total. The molecule has 2 atom stereocenters. The van der Waals surface area contributed by atoms with Crippen LogP contribution in [0.4, 0.5) is 18.3 Å². The van der Waals surface area contributed by atoms with Crippen LogP contribution in [0.2, 0.25) is 0 Å². The number of ketones is 2. The van der Waals surface area contributed by atoms with Crippen LogP contribution in [0.3, 0.4) is 0 Å². The summed E-state index contributed by atoms with van der Waals surface area (Å²) < 4.78 is 41.7. The predicted octanol–water partition coefficient (Wildman–Crippen LogP) is 5.02. The molecule has 1 fully saturated rings. The van der Waals surface area contributed by atoms with Gasteiger partial charge in [0.25, 0.3) is 5.91 Å². The molecule has 1 amide bonds. The van der Waals surface area contributed by atoms with Crippen molar-refractivity contribution in [3.8, 4) is 5.75 Å². The van der Waals surface area contributed by atoms with Crippen LogP contribution in [0.1, 0.15) is 52.3 Å². The van der Waals surface area contributed by atoms with E-state index in [9.17, 15) is 27.6 Å². The van der Waals surface area contributed by atoms with Crippen LogP contribution in [0.5, 0.6) is 5.75 Å². The first-order chi connectivity index (χ1) is 16.5. The Bertz CT molecular complexity index is 1270. The molecule has 182 valence electrons. The zero-order valence-corrected chi connectivity index (χ0v) is 19.7. The van der Waals surface area contributed by atoms with Gasteiger partial charge >= 0.3 is 6.36 Å². The second-order valence-corrected chi connectivity index (χ2v) is 9.48. The molecule has 0 bridgehead atoms. The molecule has 0 saturated carbocycles. The lowest BCUT2D eigenvalue weighted by Gasteiger charge is -2.25. The summed E-state index contributed by atoms with van der Waals surface area (Å²) in [6.07, 6.45) is -4.88. The Morgan fingerprint density at radius 1 is 1.03 bits per heavy atom. The van der Waals surface area contributed by atoms with E-state index in [1.165, 1.54) is 12.1 Å². The molecule has 4 rings (SSSR count). The molecular formula is C24H20F3N3O4S. The molecule has 0 aliphatic carbocycles. The van der Waals surface area contributed by atoms with E-state index in [1.54, 1.807) is 31.2 Å². The van der Waals surface area contributed by atoms with Crippen molar-refractivity contribution < 1.29 is 32.3 Å². The number of rotatable bonds is 6. The van der Waals surface area contributed by atoms with Crippen molar-refractivity contribution in [2.24, 2.45) is 5.92 Å². The third-order valence-corrected chi connectivity index (χ3v) is 6.46. The minimum absolute atomic E-state index is 0.118. The summed E-state index contributed by atoms with van der Waals surface area (Å²) in [4.78, 5) is 40.7. The van der Waals surface area contributed by atoms with Crippen LogP contribution in [0.25, 0.3) is 0 Å². The molecule has 7 nitrogen and oxygen atoms in total. The number of carbonyl (C=O) groups excluding carboxylic acids is 3. The first-order valence-electron chi connectivity index (χ1n) is 10.6. The lowest BCUT2D eigenvalue weighted by atomic mass is 9.86. The Hall–Kier alpha value is -3.60. The molecule has 3 aromatic rings. The highest BCUT2D eigenvalue weighted by Gasteiger charge is 2.53. The number of aryl methyl sites for hydroxylation is 1. The molecule has 1 aliphatic rings. The molecule has 0 radical (unpaired) electrons. The van der Waals surface area contributed by atoms with E-state index < -0.39 is 41.5 Å². The highest BCUT2D eigenvalue weighted by atomic mass is 32.1. The Morgan fingerprint density at radius 3 is 2.17 bits per heavy atom. The van der Waals surface area contributed by atoms with Crippen molar-refractivity contribution in [3.05, 3.63) is 70.2 Å². The molecule has 0 spiro atoms.